The van der Waals surface area contributed by atoms with Gasteiger partial charge < -0.3 is 10.1 Å². The zero-order valence-corrected chi connectivity index (χ0v) is 13.3. The summed E-state index contributed by atoms with van der Waals surface area (Å²) in [5, 5.41) is 3.34. The third-order valence-corrected chi connectivity index (χ3v) is 4.40. The number of carbonyl (C=O) groups excluding carboxylic acids is 1. The number of ether oxygens (including phenoxy) is 1. The van der Waals surface area contributed by atoms with Gasteiger partial charge in [0.15, 0.2) is 0 Å². The lowest BCUT2D eigenvalue weighted by Gasteiger charge is -2.32. The van der Waals surface area contributed by atoms with Gasteiger partial charge in [0.2, 0.25) is 0 Å². The van der Waals surface area contributed by atoms with Crippen molar-refractivity contribution in [1.82, 2.24) is 5.32 Å². The Morgan fingerprint density at radius 3 is 2.48 bits per heavy atom. The number of esters is 1. The number of hydrogen-bond acceptors (Lipinski definition) is 3. The van der Waals surface area contributed by atoms with Crippen LogP contribution >= 0.6 is 0 Å². The highest BCUT2D eigenvalue weighted by Gasteiger charge is 2.29. The molecule has 3 rings (SSSR count). The molecule has 0 spiro atoms. The van der Waals surface area contributed by atoms with Crippen molar-refractivity contribution in [3.63, 3.8) is 0 Å². The van der Waals surface area contributed by atoms with Crippen molar-refractivity contribution in [2.24, 2.45) is 0 Å². The van der Waals surface area contributed by atoms with Crippen molar-refractivity contribution in [3.05, 3.63) is 71.8 Å². The Kier molecular flexibility index (Phi) is 5.43. The van der Waals surface area contributed by atoms with Crippen molar-refractivity contribution in [2.45, 2.75) is 31.3 Å². The Morgan fingerprint density at radius 1 is 1.04 bits per heavy atom. The predicted molar refractivity (Wildman–Crippen MR) is 91.3 cm³/mol. The van der Waals surface area contributed by atoms with E-state index in [1.165, 1.54) is 11.1 Å². The van der Waals surface area contributed by atoms with Crippen LogP contribution < -0.4 is 5.32 Å². The summed E-state index contributed by atoms with van der Waals surface area (Å²) in [7, 11) is 0. The summed E-state index contributed by atoms with van der Waals surface area (Å²) in [5.74, 6) is 0.182. The summed E-state index contributed by atoms with van der Waals surface area (Å²) >= 11 is 0. The number of piperidine rings is 1. The molecule has 23 heavy (non-hydrogen) atoms. The van der Waals surface area contributed by atoms with Crippen LogP contribution in [0.5, 0.6) is 0 Å². The third kappa shape index (κ3) is 4.42. The Labute approximate surface area is 137 Å². The molecule has 0 unspecified atom stereocenters. The standard InChI is InChI=1S/C20H23NO2/c22-20(12-11-16-7-3-1-4-8-16)23-19-15-21-14-13-18(19)17-9-5-2-6-10-17/h1-10,18-19,21H,11-15H2/t18-,19+/m1/s1. The number of rotatable bonds is 5. The number of benzene rings is 2. The molecule has 1 saturated heterocycles. The average molecular weight is 309 g/mol. The summed E-state index contributed by atoms with van der Waals surface area (Å²) in [6.45, 7) is 1.70. The summed E-state index contributed by atoms with van der Waals surface area (Å²) in [6, 6.07) is 20.4. The Hall–Kier alpha value is -2.13. The summed E-state index contributed by atoms with van der Waals surface area (Å²) in [4.78, 5) is 12.2. The largest absolute Gasteiger partial charge is 0.460 e. The van der Waals surface area contributed by atoms with Gasteiger partial charge in [-0.15, -0.1) is 0 Å². The van der Waals surface area contributed by atoms with Gasteiger partial charge in [-0.2, -0.15) is 0 Å². The first-order chi connectivity index (χ1) is 11.3. The van der Waals surface area contributed by atoms with E-state index in [1.54, 1.807) is 0 Å². The van der Waals surface area contributed by atoms with Gasteiger partial charge in [0, 0.05) is 18.9 Å². The smallest absolute Gasteiger partial charge is 0.306 e. The van der Waals surface area contributed by atoms with Crippen LogP contribution in [0.25, 0.3) is 0 Å². The van der Waals surface area contributed by atoms with E-state index in [-0.39, 0.29) is 18.0 Å². The van der Waals surface area contributed by atoms with Crippen molar-refractivity contribution in [2.75, 3.05) is 13.1 Å². The fourth-order valence-electron chi connectivity index (χ4n) is 3.15. The summed E-state index contributed by atoms with van der Waals surface area (Å²) < 4.78 is 5.78. The van der Waals surface area contributed by atoms with Crippen LogP contribution in [0.2, 0.25) is 0 Å². The molecule has 0 aromatic heterocycles. The van der Waals surface area contributed by atoms with Gasteiger partial charge in [0.25, 0.3) is 0 Å². The average Bonchev–Trinajstić information content (AvgIpc) is 2.62. The number of nitrogens with one attached hydrogen (secondary N) is 1. The second-order valence-corrected chi connectivity index (χ2v) is 6.02. The molecular formula is C20H23NO2. The van der Waals surface area contributed by atoms with Crippen molar-refractivity contribution < 1.29 is 9.53 Å². The second kappa shape index (κ2) is 7.93. The highest BCUT2D eigenvalue weighted by atomic mass is 16.5. The van der Waals surface area contributed by atoms with Crippen LogP contribution in [0.15, 0.2) is 60.7 Å². The fraction of sp³-hybridized carbons (Fsp3) is 0.350. The maximum atomic E-state index is 12.2. The minimum atomic E-state index is -0.108. The Balaban J connectivity index is 1.57. The number of carbonyl (C=O) groups is 1. The normalized spacial score (nSPS) is 20.9. The minimum absolute atomic E-state index is 0.0746. The van der Waals surface area contributed by atoms with Gasteiger partial charge in [-0.1, -0.05) is 60.7 Å². The zero-order chi connectivity index (χ0) is 15.9. The number of aryl methyl sites for hydroxylation is 1. The van der Waals surface area contributed by atoms with Gasteiger partial charge >= 0.3 is 5.97 Å². The first kappa shape index (κ1) is 15.8. The lowest BCUT2D eigenvalue weighted by atomic mass is 9.88. The van der Waals surface area contributed by atoms with Crippen LogP contribution in [0, 0.1) is 0 Å². The van der Waals surface area contributed by atoms with Gasteiger partial charge in [-0.3, -0.25) is 4.79 Å². The molecule has 2 atom stereocenters. The molecular weight excluding hydrogens is 286 g/mol. The summed E-state index contributed by atoms with van der Waals surface area (Å²) in [5.41, 5.74) is 2.43. The van der Waals surface area contributed by atoms with E-state index >= 15 is 0 Å². The van der Waals surface area contributed by atoms with E-state index in [9.17, 15) is 4.79 Å². The number of hydrogen-bond donors (Lipinski definition) is 1. The molecule has 0 saturated carbocycles. The molecule has 120 valence electrons. The lowest BCUT2D eigenvalue weighted by molar-refractivity contribution is -0.150. The SMILES string of the molecule is O=C(CCc1ccccc1)O[C@H]1CNCC[C@@H]1c1ccccc1. The second-order valence-electron chi connectivity index (χ2n) is 6.02. The van der Waals surface area contributed by atoms with E-state index < -0.39 is 0 Å². The maximum absolute atomic E-state index is 12.2. The molecule has 2 aromatic rings. The lowest BCUT2D eigenvalue weighted by Crippen LogP contribution is -2.42. The van der Waals surface area contributed by atoms with Crippen LogP contribution in [0.1, 0.15) is 29.9 Å². The van der Waals surface area contributed by atoms with E-state index in [0.29, 0.717) is 6.42 Å². The fourth-order valence-corrected chi connectivity index (χ4v) is 3.15. The summed E-state index contributed by atoms with van der Waals surface area (Å²) in [6.07, 6.45) is 2.09. The molecule has 3 nitrogen and oxygen atoms in total. The van der Waals surface area contributed by atoms with Crippen LogP contribution in [0.4, 0.5) is 0 Å². The molecule has 1 heterocycles. The van der Waals surface area contributed by atoms with E-state index in [4.69, 9.17) is 4.74 Å². The van der Waals surface area contributed by atoms with Crippen LogP contribution in [-0.4, -0.2) is 25.2 Å². The Morgan fingerprint density at radius 2 is 1.74 bits per heavy atom. The van der Waals surface area contributed by atoms with E-state index in [2.05, 4.69) is 17.4 Å². The molecule has 2 aromatic carbocycles. The molecule has 3 heteroatoms. The Bertz CT molecular complexity index is 612. The molecule has 0 amide bonds. The first-order valence-electron chi connectivity index (χ1n) is 8.32. The first-order valence-corrected chi connectivity index (χ1v) is 8.32. The molecule has 0 radical (unpaired) electrons. The highest BCUT2D eigenvalue weighted by molar-refractivity contribution is 5.70. The molecule has 0 bridgehead atoms. The quantitative estimate of drug-likeness (QED) is 0.861. The molecule has 1 N–H and O–H groups in total. The predicted octanol–water partition coefficient (Wildman–Crippen LogP) is 3.31. The van der Waals surface area contributed by atoms with E-state index in [0.717, 1.165) is 25.9 Å². The van der Waals surface area contributed by atoms with Crippen LogP contribution in [-0.2, 0) is 16.0 Å². The minimum Gasteiger partial charge on any atom is -0.460 e. The zero-order valence-electron chi connectivity index (χ0n) is 13.3. The van der Waals surface area contributed by atoms with Gasteiger partial charge in [-0.05, 0) is 30.5 Å². The molecule has 1 aliphatic heterocycles. The van der Waals surface area contributed by atoms with Gasteiger partial charge in [0.05, 0.1) is 0 Å². The van der Waals surface area contributed by atoms with Gasteiger partial charge in [0.1, 0.15) is 6.10 Å². The van der Waals surface area contributed by atoms with Crippen molar-refractivity contribution in [3.8, 4) is 0 Å². The van der Waals surface area contributed by atoms with Crippen molar-refractivity contribution in [1.29, 1.82) is 0 Å². The molecule has 1 fully saturated rings. The highest BCUT2D eigenvalue weighted by Crippen LogP contribution is 2.27. The van der Waals surface area contributed by atoms with Crippen molar-refractivity contribution >= 4 is 5.97 Å². The third-order valence-electron chi connectivity index (χ3n) is 4.40. The van der Waals surface area contributed by atoms with Crippen LogP contribution in [0.3, 0.4) is 0 Å². The van der Waals surface area contributed by atoms with E-state index in [1.807, 2.05) is 48.5 Å². The monoisotopic (exact) mass is 309 g/mol. The topological polar surface area (TPSA) is 38.3 Å². The molecule has 1 aliphatic rings. The van der Waals surface area contributed by atoms with Gasteiger partial charge in [-0.25, -0.2) is 0 Å². The molecule has 0 aliphatic carbocycles. The maximum Gasteiger partial charge on any atom is 0.306 e.